The van der Waals surface area contributed by atoms with Crippen molar-refractivity contribution in [2.24, 2.45) is 0 Å². The summed E-state index contributed by atoms with van der Waals surface area (Å²) < 4.78 is 0. The van der Waals surface area contributed by atoms with Gasteiger partial charge < -0.3 is 5.32 Å². The zero-order chi connectivity index (χ0) is 14.8. The first kappa shape index (κ1) is 14.6. The van der Waals surface area contributed by atoms with E-state index >= 15 is 0 Å². The minimum atomic E-state index is 0.0165. The fourth-order valence-corrected chi connectivity index (χ4v) is 3.78. The lowest BCUT2D eigenvalue weighted by Gasteiger charge is -2.32. The zero-order valence-electron chi connectivity index (χ0n) is 11.8. The Kier molecular flexibility index (Phi) is 4.29. The van der Waals surface area contributed by atoms with Gasteiger partial charge in [0.05, 0.1) is 6.54 Å². The molecule has 3 nitrogen and oxygen atoms in total. The molecule has 1 atom stereocenters. The molecular formula is C16H17ClN2OS. The number of halogens is 1. The lowest BCUT2D eigenvalue weighted by molar-refractivity contribution is -0.117. The van der Waals surface area contributed by atoms with E-state index in [1.54, 1.807) is 12.1 Å². The SMILES string of the molecule is C[C@H]1c2ccsc2CCN1CC(=O)Nc1ccc(Cl)cc1. The van der Waals surface area contributed by atoms with E-state index in [1.165, 1.54) is 10.4 Å². The Morgan fingerprint density at radius 2 is 2.14 bits per heavy atom. The molecule has 0 bridgehead atoms. The molecule has 1 aliphatic heterocycles. The monoisotopic (exact) mass is 320 g/mol. The average Bonchev–Trinajstić information content (AvgIpc) is 2.94. The van der Waals surface area contributed by atoms with Gasteiger partial charge in [-0.05, 0) is 54.6 Å². The Morgan fingerprint density at radius 1 is 1.38 bits per heavy atom. The van der Waals surface area contributed by atoms with Crippen molar-refractivity contribution in [3.05, 3.63) is 51.2 Å². The Labute approximate surface area is 133 Å². The third-order valence-corrected chi connectivity index (χ3v) is 5.13. The summed E-state index contributed by atoms with van der Waals surface area (Å²) in [6.07, 6.45) is 1.03. The second kappa shape index (κ2) is 6.18. The van der Waals surface area contributed by atoms with E-state index in [9.17, 15) is 4.79 Å². The maximum atomic E-state index is 12.2. The maximum absolute atomic E-state index is 12.2. The van der Waals surface area contributed by atoms with Crippen LogP contribution < -0.4 is 5.32 Å². The number of hydrogen-bond donors (Lipinski definition) is 1. The number of nitrogens with one attached hydrogen (secondary N) is 1. The van der Waals surface area contributed by atoms with E-state index in [0.29, 0.717) is 17.6 Å². The number of fused-ring (bicyclic) bond motifs is 1. The van der Waals surface area contributed by atoms with E-state index < -0.39 is 0 Å². The van der Waals surface area contributed by atoms with Gasteiger partial charge in [-0.25, -0.2) is 0 Å². The first-order chi connectivity index (χ1) is 10.1. The van der Waals surface area contributed by atoms with Crippen molar-refractivity contribution in [1.29, 1.82) is 0 Å². The Balaban J connectivity index is 1.62. The maximum Gasteiger partial charge on any atom is 0.238 e. The number of thiophene rings is 1. The molecule has 21 heavy (non-hydrogen) atoms. The second-order valence-corrected chi connectivity index (χ2v) is 6.69. The van der Waals surface area contributed by atoms with Crippen LogP contribution >= 0.6 is 22.9 Å². The van der Waals surface area contributed by atoms with Crippen LogP contribution in [0.15, 0.2) is 35.7 Å². The molecule has 2 aromatic rings. The van der Waals surface area contributed by atoms with Gasteiger partial charge >= 0.3 is 0 Å². The predicted molar refractivity (Wildman–Crippen MR) is 88.1 cm³/mol. The molecule has 1 aliphatic rings. The van der Waals surface area contributed by atoms with Crippen molar-refractivity contribution in [2.75, 3.05) is 18.4 Å². The minimum absolute atomic E-state index is 0.0165. The standard InChI is InChI=1S/C16H17ClN2OS/c1-11-14-7-9-21-15(14)6-8-19(11)10-16(20)18-13-4-2-12(17)3-5-13/h2-5,7,9,11H,6,8,10H2,1H3,(H,18,20)/t11-/m0/s1. The highest BCUT2D eigenvalue weighted by molar-refractivity contribution is 7.10. The Morgan fingerprint density at radius 3 is 2.90 bits per heavy atom. The van der Waals surface area contributed by atoms with Crippen LogP contribution in [-0.2, 0) is 11.2 Å². The van der Waals surface area contributed by atoms with Crippen LogP contribution in [0.4, 0.5) is 5.69 Å². The van der Waals surface area contributed by atoms with Gasteiger partial charge in [0, 0.05) is 28.2 Å². The molecule has 1 amide bonds. The zero-order valence-corrected chi connectivity index (χ0v) is 13.4. The van der Waals surface area contributed by atoms with Gasteiger partial charge in [0.25, 0.3) is 0 Å². The highest BCUT2D eigenvalue weighted by atomic mass is 35.5. The molecule has 110 valence electrons. The van der Waals surface area contributed by atoms with Crippen LogP contribution in [-0.4, -0.2) is 23.9 Å². The van der Waals surface area contributed by atoms with Crippen molar-refractivity contribution in [3.63, 3.8) is 0 Å². The predicted octanol–water partition coefficient (Wildman–Crippen LogP) is 3.96. The van der Waals surface area contributed by atoms with Gasteiger partial charge in [-0.2, -0.15) is 0 Å². The van der Waals surface area contributed by atoms with Crippen molar-refractivity contribution in [2.45, 2.75) is 19.4 Å². The minimum Gasteiger partial charge on any atom is -0.325 e. The van der Waals surface area contributed by atoms with Crippen molar-refractivity contribution in [1.82, 2.24) is 4.90 Å². The number of amides is 1. The summed E-state index contributed by atoms with van der Waals surface area (Å²) >= 11 is 7.65. The van der Waals surface area contributed by atoms with Crippen LogP contribution in [0, 0.1) is 0 Å². The highest BCUT2D eigenvalue weighted by Crippen LogP contribution is 2.32. The summed E-state index contributed by atoms with van der Waals surface area (Å²) in [6.45, 7) is 3.52. The Bertz CT molecular complexity index is 638. The van der Waals surface area contributed by atoms with Crippen LogP contribution in [0.5, 0.6) is 0 Å². The van der Waals surface area contributed by atoms with E-state index in [1.807, 2.05) is 23.5 Å². The van der Waals surface area contributed by atoms with Crippen LogP contribution in [0.2, 0.25) is 5.02 Å². The third kappa shape index (κ3) is 3.28. The molecule has 0 spiro atoms. The van der Waals surface area contributed by atoms with Gasteiger partial charge in [0.1, 0.15) is 0 Å². The smallest absolute Gasteiger partial charge is 0.238 e. The van der Waals surface area contributed by atoms with Gasteiger partial charge in [-0.15, -0.1) is 11.3 Å². The number of nitrogens with zero attached hydrogens (tertiary/aromatic N) is 1. The van der Waals surface area contributed by atoms with Crippen molar-refractivity contribution >= 4 is 34.5 Å². The van der Waals surface area contributed by atoms with E-state index in [0.717, 1.165) is 18.7 Å². The lowest BCUT2D eigenvalue weighted by Crippen LogP contribution is -2.39. The summed E-state index contributed by atoms with van der Waals surface area (Å²) in [5, 5.41) is 5.72. The highest BCUT2D eigenvalue weighted by Gasteiger charge is 2.25. The van der Waals surface area contributed by atoms with E-state index in [2.05, 4.69) is 28.6 Å². The van der Waals surface area contributed by atoms with E-state index in [4.69, 9.17) is 11.6 Å². The summed E-state index contributed by atoms with van der Waals surface area (Å²) in [6, 6.07) is 9.66. The van der Waals surface area contributed by atoms with Crippen molar-refractivity contribution < 1.29 is 4.79 Å². The quantitative estimate of drug-likeness (QED) is 0.928. The molecule has 1 N–H and O–H groups in total. The number of carbonyl (C=O) groups excluding carboxylic acids is 1. The van der Waals surface area contributed by atoms with Crippen LogP contribution in [0.1, 0.15) is 23.4 Å². The molecule has 3 rings (SSSR count). The topological polar surface area (TPSA) is 32.3 Å². The van der Waals surface area contributed by atoms with Crippen molar-refractivity contribution in [3.8, 4) is 0 Å². The summed E-state index contributed by atoms with van der Waals surface area (Å²) in [5.41, 5.74) is 2.15. The first-order valence-corrected chi connectivity index (χ1v) is 8.25. The van der Waals surface area contributed by atoms with Crippen LogP contribution in [0.25, 0.3) is 0 Å². The van der Waals surface area contributed by atoms with Crippen LogP contribution in [0.3, 0.4) is 0 Å². The number of hydrogen-bond acceptors (Lipinski definition) is 3. The molecule has 1 aromatic carbocycles. The van der Waals surface area contributed by atoms with Gasteiger partial charge in [0.15, 0.2) is 0 Å². The summed E-state index contributed by atoms with van der Waals surface area (Å²) in [4.78, 5) is 15.9. The fourth-order valence-electron chi connectivity index (χ4n) is 2.70. The number of carbonyl (C=O) groups is 1. The molecule has 0 fully saturated rings. The lowest BCUT2D eigenvalue weighted by atomic mass is 10.0. The fraction of sp³-hybridized carbons (Fsp3) is 0.312. The largest absolute Gasteiger partial charge is 0.325 e. The number of benzene rings is 1. The molecule has 5 heteroatoms. The van der Waals surface area contributed by atoms with Gasteiger partial charge in [-0.3, -0.25) is 9.69 Å². The number of rotatable bonds is 3. The van der Waals surface area contributed by atoms with Gasteiger partial charge in [-0.1, -0.05) is 11.6 Å². The molecule has 0 radical (unpaired) electrons. The van der Waals surface area contributed by atoms with Gasteiger partial charge in [0.2, 0.25) is 5.91 Å². The molecule has 1 aromatic heterocycles. The summed E-state index contributed by atoms with van der Waals surface area (Å²) in [7, 11) is 0. The summed E-state index contributed by atoms with van der Waals surface area (Å²) in [5.74, 6) is 0.0165. The molecule has 0 aliphatic carbocycles. The molecule has 2 heterocycles. The molecular weight excluding hydrogens is 304 g/mol. The average molecular weight is 321 g/mol. The number of anilines is 1. The first-order valence-electron chi connectivity index (χ1n) is 6.99. The second-order valence-electron chi connectivity index (χ2n) is 5.25. The Hall–Kier alpha value is -1.36. The molecule has 0 saturated heterocycles. The third-order valence-electron chi connectivity index (χ3n) is 3.88. The normalized spacial score (nSPS) is 18.3. The molecule has 0 unspecified atom stereocenters. The molecule has 0 saturated carbocycles. The van der Waals surface area contributed by atoms with E-state index in [-0.39, 0.29) is 5.91 Å².